The molecule has 1 N–H and O–H groups in total. The van der Waals surface area contributed by atoms with Gasteiger partial charge in [0.15, 0.2) is 0 Å². The first-order valence-corrected chi connectivity index (χ1v) is 19.3. The number of aromatic nitrogens is 4. The van der Waals surface area contributed by atoms with Crippen LogP contribution in [0.2, 0.25) is 0 Å². The zero-order valence-corrected chi connectivity index (χ0v) is 32.3. The number of hydrogen-bond donors (Lipinski definition) is 1. The molecule has 1 aliphatic carbocycles. The van der Waals surface area contributed by atoms with Crippen molar-refractivity contribution in [1.82, 2.24) is 29.7 Å². The average molecular weight is 791 g/mol. The maximum Gasteiger partial charge on any atom is 0.262 e. The standard InChI is InChI=1S/C45H38N6O8/c1-26-40(58-31-21-32(22-31)59-42-14-6-28(24-47-42)27-5-9-33-36-25-46-16-15-37(36)50(2)39(33)20-27)12-7-29(48-26)4-3-17-56-18-19-57-30-8-10-34-35(23-30)45(55)51(44(34)54)38-11-13-41(52)49-43(38)53/h5-10,12,14-16,20,23-25,31-32,38H,11,13,17-19,21-22H2,1-2H3,(H,49,52,53)/t31-,32-,38?. The Morgan fingerprint density at radius 3 is 2.47 bits per heavy atom. The van der Waals surface area contributed by atoms with Gasteiger partial charge in [-0.1, -0.05) is 18.1 Å². The van der Waals surface area contributed by atoms with Crippen LogP contribution in [-0.4, -0.2) is 86.1 Å². The highest BCUT2D eigenvalue weighted by Crippen LogP contribution is 2.34. The Labute approximate surface area is 338 Å². The summed E-state index contributed by atoms with van der Waals surface area (Å²) in [4.78, 5) is 64.1. The number of imide groups is 2. The first kappa shape index (κ1) is 37.5. The van der Waals surface area contributed by atoms with Crippen molar-refractivity contribution in [3.05, 3.63) is 108 Å². The average Bonchev–Trinajstić information content (AvgIpc) is 3.65. The highest BCUT2D eigenvalue weighted by Gasteiger charge is 2.44. The van der Waals surface area contributed by atoms with Crippen LogP contribution in [0.3, 0.4) is 0 Å². The Morgan fingerprint density at radius 1 is 0.831 bits per heavy atom. The van der Waals surface area contributed by atoms with Crippen LogP contribution in [0.1, 0.15) is 57.8 Å². The lowest BCUT2D eigenvalue weighted by Gasteiger charge is -2.35. The second-order valence-corrected chi connectivity index (χ2v) is 14.7. The second kappa shape index (κ2) is 15.7. The van der Waals surface area contributed by atoms with Gasteiger partial charge in [-0.15, -0.1) is 0 Å². The predicted molar refractivity (Wildman–Crippen MR) is 215 cm³/mol. The van der Waals surface area contributed by atoms with Gasteiger partial charge in [-0.25, -0.2) is 9.97 Å². The molecule has 3 aliphatic rings. The zero-order valence-electron chi connectivity index (χ0n) is 32.3. The van der Waals surface area contributed by atoms with Gasteiger partial charge < -0.3 is 23.5 Å². The molecular weight excluding hydrogens is 753 g/mol. The fraction of sp³-hybridized carbons (Fsp3) is 0.267. The summed E-state index contributed by atoms with van der Waals surface area (Å²) in [6.07, 6.45) is 7.24. The van der Waals surface area contributed by atoms with Gasteiger partial charge in [0.25, 0.3) is 11.8 Å². The lowest BCUT2D eigenvalue weighted by atomic mass is 9.92. The van der Waals surface area contributed by atoms with Crippen molar-refractivity contribution in [3.63, 3.8) is 0 Å². The van der Waals surface area contributed by atoms with Gasteiger partial charge in [0, 0.05) is 72.8 Å². The number of rotatable bonds is 11. The number of hydrogen-bond acceptors (Lipinski definition) is 11. The number of fused-ring (bicyclic) bond motifs is 4. The third-order valence-corrected chi connectivity index (χ3v) is 10.8. The summed E-state index contributed by atoms with van der Waals surface area (Å²) in [7, 11) is 2.07. The van der Waals surface area contributed by atoms with E-state index in [4.69, 9.17) is 18.9 Å². The fourth-order valence-corrected chi connectivity index (χ4v) is 7.66. The Balaban J connectivity index is 0.697. The maximum atomic E-state index is 13.0. The molecule has 4 amide bonds. The van der Waals surface area contributed by atoms with E-state index in [0.717, 1.165) is 51.0 Å². The highest BCUT2D eigenvalue weighted by atomic mass is 16.5. The summed E-state index contributed by atoms with van der Waals surface area (Å²) in [5.74, 6) is 5.39. The Morgan fingerprint density at radius 2 is 1.66 bits per heavy atom. The highest BCUT2D eigenvalue weighted by molar-refractivity contribution is 6.23. The van der Waals surface area contributed by atoms with Crippen molar-refractivity contribution >= 4 is 45.4 Å². The molecule has 6 heterocycles. The Bertz CT molecular complexity index is 2730. The van der Waals surface area contributed by atoms with Gasteiger partial charge in [0.1, 0.15) is 48.7 Å². The molecule has 1 saturated heterocycles. The summed E-state index contributed by atoms with van der Waals surface area (Å²) >= 11 is 0. The van der Waals surface area contributed by atoms with E-state index in [2.05, 4.69) is 61.9 Å². The molecular formula is C45H38N6O8. The largest absolute Gasteiger partial charge is 0.491 e. The van der Waals surface area contributed by atoms with Crippen molar-refractivity contribution in [2.24, 2.45) is 7.05 Å². The zero-order chi connectivity index (χ0) is 40.6. The molecule has 14 nitrogen and oxygen atoms in total. The Hall–Kier alpha value is -7.11. The van der Waals surface area contributed by atoms with Crippen LogP contribution in [0, 0.1) is 18.8 Å². The molecule has 14 heteroatoms. The van der Waals surface area contributed by atoms with Gasteiger partial charge in [0.2, 0.25) is 17.7 Å². The number of nitrogens with one attached hydrogen (secondary N) is 1. The van der Waals surface area contributed by atoms with E-state index in [-0.39, 0.29) is 56.0 Å². The number of nitrogens with zero attached hydrogens (tertiary/aromatic N) is 5. The summed E-state index contributed by atoms with van der Waals surface area (Å²) in [6, 6.07) is 19.6. The quantitative estimate of drug-likeness (QED) is 0.103. The minimum atomic E-state index is -1.02. The molecule has 0 bridgehead atoms. The number of piperidine rings is 1. The third-order valence-electron chi connectivity index (χ3n) is 10.8. The Kier molecular flexibility index (Phi) is 9.95. The minimum Gasteiger partial charge on any atom is -0.491 e. The number of benzene rings is 2. The lowest BCUT2D eigenvalue weighted by Crippen LogP contribution is -2.54. The van der Waals surface area contributed by atoms with Crippen molar-refractivity contribution in [2.75, 3.05) is 19.8 Å². The molecule has 2 fully saturated rings. The molecule has 2 aromatic carbocycles. The maximum absolute atomic E-state index is 13.0. The number of amides is 4. The van der Waals surface area contributed by atoms with E-state index in [1.54, 1.807) is 6.07 Å². The van der Waals surface area contributed by atoms with Crippen molar-refractivity contribution < 1.29 is 38.1 Å². The molecule has 6 aromatic rings. The van der Waals surface area contributed by atoms with Crippen LogP contribution in [0.15, 0.2) is 85.3 Å². The van der Waals surface area contributed by atoms with Gasteiger partial charge >= 0.3 is 0 Å². The first-order chi connectivity index (χ1) is 28.7. The second-order valence-electron chi connectivity index (χ2n) is 14.7. The van der Waals surface area contributed by atoms with E-state index >= 15 is 0 Å². The third kappa shape index (κ3) is 7.44. The first-order valence-electron chi connectivity index (χ1n) is 19.3. The molecule has 1 atom stereocenters. The topological polar surface area (TPSA) is 164 Å². The van der Waals surface area contributed by atoms with Gasteiger partial charge in [-0.3, -0.25) is 34.4 Å². The SMILES string of the molecule is Cc1nc(C#CCOCCOc2ccc3c(c2)C(=O)N(C2CCC(=O)NC2=O)C3=O)ccc1O[C@H]1C[C@H](Oc2ccc(-c3ccc4c5cnccc5n(C)c4c3)cn2)C1. The fourth-order valence-electron chi connectivity index (χ4n) is 7.66. The smallest absolute Gasteiger partial charge is 0.262 e. The molecule has 9 rings (SSSR count). The van der Waals surface area contributed by atoms with Crippen LogP contribution in [-0.2, 0) is 21.4 Å². The lowest BCUT2D eigenvalue weighted by molar-refractivity contribution is -0.136. The molecule has 0 radical (unpaired) electrons. The summed E-state index contributed by atoms with van der Waals surface area (Å²) in [6.45, 7) is 2.45. The normalized spacial score (nSPS) is 18.6. The van der Waals surface area contributed by atoms with Gasteiger partial charge in [-0.2, -0.15) is 0 Å². The number of carbonyl (C=O) groups is 4. The summed E-state index contributed by atoms with van der Waals surface area (Å²) in [5, 5.41) is 4.50. The molecule has 1 saturated carbocycles. The van der Waals surface area contributed by atoms with Gasteiger partial charge in [-0.05, 0) is 73.4 Å². The number of aryl methyl sites for hydroxylation is 2. The molecule has 1 unspecified atom stereocenters. The minimum absolute atomic E-state index is 0.0161. The number of carbonyl (C=O) groups excluding carboxylic acids is 4. The van der Waals surface area contributed by atoms with Crippen molar-refractivity contribution in [1.29, 1.82) is 0 Å². The number of pyridine rings is 3. The van der Waals surface area contributed by atoms with Crippen LogP contribution < -0.4 is 19.5 Å². The van der Waals surface area contributed by atoms with Crippen molar-refractivity contribution in [2.45, 2.75) is 50.9 Å². The molecule has 4 aromatic heterocycles. The summed E-state index contributed by atoms with van der Waals surface area (Å²) in [5.41, 5.74) is 6.06. The molecule has 296 valence electrons. The molecule has 2 aliphatic heterocycles. The molecule has 59 heavy (non-hydrogen) atoms. The van der Waals surface area contributed by atoms with Crippen LogP contribution in [0.5, 0.6) is 17.4 Å². The van der Waals surface area contributed by atoms with Crippen LogP contribution >= 0.6 is 0 Å². The number of ether oxygens (including phenoxy) is 4. The summed E-state index contributed by atoms with van der Waals surface area (Å²) < 4.78 is 25.9. The van der Waals surface area contributed by atoms with E-state index in [9.17, 15) is 19.2 Å². The van der Waals surface area contributed by atoms with Crippen LogP contribution in [0.4, 0.5) is 0 Å². The van der Waals surface area contributed by atoms with E-state index in [0.29, 0.717) is 23.1 Å². The van der Waals surface area contributed by atoms with Crippen LogP contribution in [0.25, 0.3) is 32.9 Å². The monoisotopic (exact) mass is 790 g/mol. The van der Waals surface area contributed by atoms with E-state index in [1.807, 2.05) is 55.8 Å². The van der Waals surface area contributed by atoms with E-state index in [1.165, 1.54) is 17.5 Å². The van der Waals surface area contributed by atoms with Crippen molar-refractivity contribution in [3.8, 4) is 40.3 Å². The predicted octanol–water partition coefficient (Wildman–Crippen LogP) is 5.33. The molecule has 0 spiro atoms. The van der Waals surface area contributed by atoms with Gasteiger partial charge in [0.05, 0.1) is 28.9 Å². The van der Waals surface area contributed by atoms with E-state index < -0.39 is 29.7 Å².